The first-order chi connectivity index (χ1) is 8.63. The number of hydrogen-bond acceptors (Lipinski definition) is 4. The Morgan fingerprint density at radius 2 is 2.39 bits per heavy atom. The molecule has 0 saturated heterocycles. The lowest BCUT2D eigenvalue weighted by atomic mass is 10.2. The quantitative estimate of drug-likeness (QED) is 0.609. The number of hydroxylamine groups is 1. The Bertz CT molecular complexity index is 582. The number of rotatable bonds is 4. The normalized spacial score (nSPS) is 10.8. The van der Waals surface area contributed by atoms with Gasteiger partial charge in [0.25, 0.3) is 12.0 Å². The van der Waals surface area contributed by atoms with Crippen LogP contribution in [0.3, 0.4) is 0 Å². The molecule has 0 fully saturated rings. The summed E-state index contributed by atoms with van der Waals surface area (Å²) in [4.78, 5) is 20.0. The lowest BCUT2D eigenvalue weighted by Crippen LogP contribution is -2.25. The molecule has 2 aromatic rings. The van der Waals surface area contributed by atoms with Gasteiger partial charge in [-0.2, -0.15) is 4.39 Å². The van der Waals surface area contributed by atoms with Crippen molar-refractivity contribution in [3.63, 3.8) is 0 Å². The predicted molar refractivity (Wildman–Crippen MR) is 61.2 cm³/mol. The minimum atomic E-state index is -0.612. The molecule has 2 rings (SSSR count). The van der Waals surface area contributed by atoms with E-state index in [1.807, 2.05) is 0 Å². The fourth-order valence-electron chi connectivity index (χ4n) is 1.52. The van der Waals surface area contributed by atoms with Gasteiger partial charge in [-0.15, -0.1) is 0 Å². The fourth-order valence-corrected chi connectivity index (χ4v) is 1.52. The van der Waals surface area contributed by atoms with Gasteiger partial charge in [0.05, 0.1) is 24.2 Å². The zero-order valence-corrected chi connectivity index (χ0v) is 9.68. The van der Waals surface area contributed by atoms with Crippen LogP contribution >= 0.6 is 0 Å². The monoisotopic (exact) mass is 253 g/mol. The highest BCUT2D eigenvalue weighted by Gasteiger charge is 2.11. The van der Waals surface area contributed by atoms with Gasteiger partial charge < -0.3 is 9.67 Å². The summed E-state index contributed by atoms with van der Waals surface area (Å²) in [5.74, 6) is -0.466. The summed E-state index contributed by atoms with van der Waals surface area (Å²) in [6.45, 7) is -0.180. The van der Waals surface area contributed by atoms with E-state index in [0.29, 0.717) is 16.6 Å². The second-order valence-electron chi connectivity index (χ2n) is 3.65. The molecule has 96 valence electrons. The summed E-state index contributed by atoms with van der Waals surface area (Å²) in [6, 6.07) is 4.59. The van der Waals surface area contributed by atoms with Gasteiger partial charge in [0.15, 0.2) is 0 Å². The fraction of sp³-hybridized carbons (Fsp3) is 0.273. The van der Waals surface area contributed by atoms with Crippen LogP contribution in [0.25, 0.3) is 11.0 Å². The average Bonchev–Trinajstić information content (AvgIpc) is 2.65. The van der Waals surface area contributed by atoms with Gasteiger partial charge >= 0.3 is 0 Å². The number of nitrogens with zero attached hydrogens (tertiary/aromatic N) is 2. The maximum atomic E-state index is 13.2. The van der Waals surface area contributed by atoms with Gasteiger partial charge in [0.1, 0.15) is 0 Å². The highest BCUT2D eigenvalue weighted by Crippen LogP contribution is 2.16. The third-order valence-electron chi connectivity index (χ3n) is 2.45. The topological polar surface area (TPSA) is 76.4 Å². The number of amides is 1. The van der Waals surface area contributed by atoms with E-state index < -0.39 is 12.0 Å². The molecule has 0 bridgehead atoms. The predicted octanol–water partition coefficient (Wildman–Crippen LogP) is 0.366. The van der Waals surface area contributed by atoms with E-state index >= 15 is 0 Å². The second-order valence-corrected chi connectivity index (χ2v) is 3.65. The maximum absolute atomic E-state index is 13.2. The number of halogens is 1. The van der Waals surface area contributed by atoms with E-state index in [1.165, 1.54) is 23.7 Å². The van der Waals surface area contributed by atoms with E-state index in [4.69, 9.17) is 9.94 Å². The van der Waals surface area contributed by atoms with Crippen LogP contribution in [-0.4, -0.2) is 33.8 Å². The third kappa shape index (κ3) is 2.31. The van der Waals surface area contributed by atoms with Crippen LogP contribution in [0.5, 0.6) is 0 Å². The number of nitrogens with one attached hydrogen (secondary N) is 1. The number of fused-ring (bicyclic) bond motifs is 1. The number of aliphatic hydroxyl groups is 1. The lowest BCUT2D eigenvalue weighted by molar-refractivity contribution is 0.0168. The first-order valence-corrected chi connectivity index (χ1v) is 5.28. The smallest absolute Gasteiger partial charge is 0.289 e. The summed E-state index contributed by atoms with van der Waals surface area (Å²) < 4.78 is 14.5. The zero-order valence-electron chi connectivity index (χ0n) is 9.68. The maximum Gasteiger partial charge on any atom is 0.289 e. The molecule has 1 amide bonds. The number of benzene rings is 1. The van der Waals surface area contributed by atoms with Gasteiger partial charge in [-0.25, -0.2) is 10.5 Å². The highest BCUT2D eigenvalue weighted by atomic mass is 19.1. The Hall–Kier alpha value is -1.99. The summed E-state index contributed by atoms with van der Waals surface area (Å²) in [5, 5.41) is 8.50. The van der Waals surface area contributed by atoms with Crippen molar-refractivity contribution < 1.29 is 19.1 Å². The summed E-state index contributed by atoms with van der Waals surface area (Å²) in [5.41, 5.74) is 3.48. The SMILES string of the molecule is Cn1c(F)nc2ccc(C(=O)NOCCO)cc21. The average molecular weight is 253 g/mol. The number of aliphatic hydroxyl groups excluding tert-OH is 1. The number of imidazole rings is 1. The van der Waals surface area contributed by atoms with Crippen molar-refractivity contribution in [3.05, 3.63) is 29.8 Å². The Balaban J connectivity index is 2.24. The molecular formula is C11H12FN3O3. The Kier molecular flexibility index (Phi) is 3.54. The van der Waals surface area contributed by atoms with Crippen LogP contribution in [0, 0.1) is 6.08 Å². The van der Waals surface area contributed by atoms with Crippen molar-refractivity contribution in [1.82, 2.24) is 15.0 Å². The molecule has 18 heavy (non-hydrogen) atoms. The largest absolute Gasteiger partial charge is 0.394 e. The van der Waals surface area contributed by atoms with E-state index in [0.717, 1.165) is 0 Å². The molecule has 0 unspecified atom stereocenters. The minimum Gasteiger partial charge on any atom is -0.394 e. The van der Waals surface area contributed by atoms with E-state index in [1.54, 1.807) is 6.07 Å². The lowest BCUT2D eigenvalue weighted by Gasteiger charge is -2.04. The molecule has 0 aliphatic carbocycles. The van der Waals surface area contributed by atoms with Crippen LogP contribution < -0.4 is 5.48 Å². The molecule has 1 heterocycles. The van der Waals surface area contributed by atoms with Gasteiger partial charge in [0.2, 0.25) is 0 Å². The molecule has 0 spiro atoms. The highest BCUT2D eigenvalue weighted by molar-refractivity contribution is 5.96. The molecule has 0 atom stereocenters. The Morgan fingerprint density at radius 1 is 1.61 bits per heavy atom. The molecule has 1 aromatic carbocycles. The minimum absolute atomic E-state index is 0.00826. The second kappa shape index (κ2) is 5.11. The third-order valence-corrected chi connectivity index (χ3v) is 2.45. The number of carbonyl (C=O) groups excluding carboxylic acids is 1. The van der Waals surface area contributed by atoms with Crippen molar-refractivity contribution in [2.75, 3.05) is 13.2 Å². The molecule has 0 aliphatic heterocycles. The van der Waals surface area contributed by atoms with Crippen molar-refractivity contribution >= 4 is 16.9 Å². The van der Waals surface area contributed by atoms with Crippen LogP contribution in [-0.2, 0) is 11.9 Å². The van der Waals surface area contributed by atoms with Crippen LogP contribution in [0.15, 0.2) is 18.2 Å². The van der Waals surface area contributed by atoms with Crippen molar-refractivity contribution in [3.8, 4) is 0 Å². The van der Waals surface area contributed by atoms with Gasteiger partial charge in [-0.1, -0.05) is 0 Å². The summed E-state index contributed by atoms with van der Waals surface area (Å²) in [6.07, 6.45) is -0.612. The van der Waals surface area contributed by atoms with Crippen LogP contribution in [0.1, 0.15) is 10.4 Å². The Morgan fingerprint density at radius 3 is 3.11 bits per heavy atom. The first kappa shape index (κ1) is 12.5. The van der Waals surface area contributed by atoms with Crippen LogP contribution in [0.4, 0.5) is 4.39 Å². The van der Waals surface area contributed by atoms with Gasteiger partial charge in [-0.3, -0.25) is 9.63 Å². The van der Waals surface area contributed by atoms with Crippen molar-refractivity contribution in [1.29, 1.82) is 0 Å². The Labute approximate surface area is 102 Å². The standard InChI is InChI=1S/C11H12FN3O3/c1-15-9-6-7(10(17)14-18-5-4-16)2-3-8(9)13-11(15)12/h2-3,6,16H,4-5H2,1H3,(H,14,17). The first-order valence-electron chi connectivity index (χ1n) is 5.28. The molecule has 0 aliphatic rings. The van der Waals surface area contributed by atoms with E-state index in [9.17, 15) is 9.18 Å². The molecule has 2 N–H and O–H groups in total. The number of aromatic nitrogens is 2. The molecule has 7 heteroatoms. The number of aryl methyl sites for hydroxylation is 1. The van der Waals surface area contributed by atoms with Crippen molar-refractivity contribution in [2.24, 2.45) is 7.05 Å². The van der Waals surface area contributed by atoms with Crippen molar-refractivity contribution in [2.45, 2.75) is 0 Å². The molecule has 0 radical (unpaired) electrons. The van der Waals surface area contributed by atoms with E-state index in [-0.39, 0.29) is 13.2 Å². The molecule has 6 nitrogen and oxygen atoms in total. The van der Waals surface area contributed by atoms with Crippen LogP contribution in [0.2, 0.25) is 0 Å². The molecule has 1 aromatic heterocycles. The molecular weight excluding hydrogens is 241 g/mol. The van der Waals surface area contributed by atoms with E-state index in [2.05, 4.69) is 10.5 Å². The van der Waals surface area contributed by atoms with Gasteiger partial charge in [0, 0.05) is 12.6 Å². The number of carbonyl (C=O) groups is 1. The molecule has 0 saturated carbocycles. The number of hydrogen-bond donors (Lipinski definition) is 2. The zero-order chi connectivity index (χ0) is 13.1. The van der Waals surface area contributed by atoms with Gasteiger partial charge in [-0.05, 0) is 18.2 Å². The summed E-state index contributed by atoms with van der Waals surface area (Å²) in [7, 11) is 1.52. The summed E-state index contributed by atoms with van der Waals surface area (Å²) >= 11 is 0.